The molecule has 1 aromatic heterocycles. The molecule has 0 unspecified atom stereocenters. The Morgan fingerprint density at radius 1 is 1.64 bits per heavy atom. The number of aldehydes is 1. The van der Waals surface area contributed by atoms with Crippen molar-refractivity contribution in [3.05, 3.63) is 26.6 Å². The number of rotatable bonds is 2. The normalized spacial score (nSPS) is 9.93. The predicted octanol–water partition coefficient (Wildman–Crippen LogP) is 2.31. The van der Waals surface area contributed by atoms with Crippen LogP contribution in [0, 0.1) is 14.9 Å². The van der Waals surface area contributed by atoms with E-state index in [-0.39, 0.29) is 11.3 Å². The number of pyridine rings is 1. The Labute approximate surface area is 91.9 Å². The molecule has 0 radical (unpaired) electrons. The van der Waals surface area contributed by atoms with Crippen molar-refractivity contribution in [3.63, 3.8) is 0 Å². The van der Waals surface area contributed by atoms with Crippen molar-refractivity contribution >= 4 is 28.9 Å². The summed E-state index contributed by atoms with van der Waals surface area (Å²) in [6, 6.07) is 2.64. The molecule has 0 saturated carbocycles. The predicted molar refractivity (Wildman–Crippen MR) is 52.0 cm³/mol. The molecule has 1 heterocycles. The largest absolute Gasteiger partial charge is 0.298 e. The average Bonchev–Trinajstić information content (AvgIpc) is 2.17. The fourth-order valence-electron chi connectivity index (χ4n) is 0.841. The van der Waals surface area contributed by atoms with Gasteiger partial charge in [-0.05, 0) is 28.7 Å². The average molecular weight is 308 g/mol. The smallest absolute Gasteiger partial charge is 0.280 e. The first-order valence-electron chi connectivity index (χ1n) is 3.44. The fourth-order valence-corrected chi connectivity index (χ4v) is 1.37. The second-order valence-corrected chi connectivity index (χ2v) is 3.41. The highest BCUT2D eigenvalue weighted by atomic mass is 127. The molecule has 0 aromatic carbocycles. The Morgan fingerprint density at radius 3 is 2.71 bits per heavy atom. The molecule has 72 valence electrons. The molecule has 1 aromatic rings. The van der Waals surface area contributed by atoms with Crippen LogP contribution in [0.4, 0.5) is 8.78 Å². The van der Waals surface area contributed by atoms with Crippen LogP contribution in [0.15, 0.2) is 6.07 Å². The lowest BCUT2D eigenvalue weighted by Crippen LogP contribution is -2.00. The molecule has 3 nitrogen and oxygen atoms in total. The van der Waals surface area contributed by atoms with Crippen LogP contribution in [0.5, 0.6) is 0 Å². The molecule has 0 aliphatic carbocycles. The highest BCUT2D eigenvalue weighted by Crippen LogP contribution is 2.21. The van der Waals surface area contributed by atoms with E-state index in [1.807, 2.05) is 0 Å². The first-order chi connectivity index (χ1) is 6.60. The number of aromatic nitrogens is 1. The zero-order valence-corrected chi connectivity index (χ0v) is 8.83. The van der Waals surface area contributed by atoms with Gasteiger partial charge in [-0.15, -0.1) is 0 Å². The molecular weight excluding hydrogens is 305 g/mol. The summed E-state index contributed by atoms with van der Waals surface area (Å²) >= 11 is 1.72. The summed E-state index contributed by atoms with van der Waals surface area (Å²) in [6.07, 6.45) is -2.35. The minimum absolute atomic E-state index is 0.0625. The molecule has 0 aliphatic heterocycles. The Morgan fingerprint density at radius 2 is 2.29 bits per heavy atom. The summed E-state index contributed by atoms with van der Waals surface area (Å²) in [5, 5.41) is 8.57. The topological polar surface area (TPSA) is 53.8 Å². The van der Waals surface area contributed by atoms with Crippen molar-refractivity contribution in [2.75, 3.05) is 0 Å². The van der Waals surface area contributed by atoms with Crippen molar-refractivity contribution in [2.45, 2.75) is 6.43 Å². The van der Waals surface area contributed by atoms with E-state index in [0.717, 1.165) is 6.07 Å². The highest BCUT2D eigenvalue weighted by molar-refractivity contribution is 14.1. The van der Waals surface area contributed by atoms with E-state index >= 15 is 0 Å². The molecule has 0 N–H and O–H groups in total. The highest BCUT2D eigenvalue weighted by Gasteiger charge is 2.15. The molecule has 0 amide bonds. The van der Waals surface area contributed by atoms with Gasteiger partial charge in [0.2, 0.25) is 0 Å². The van der Waals surface area contributed by atoms with Crippen LogP contribution < -0.4 is 0 Å². The van der Waals surface area contributed by atoms with Crippen LogP contribution in [0.25, 0.3) is 0 Å². The number of halogens is 3. The monoisotopic (exact) mass is 308 g/mol. The van der Waals surface area contributed by atoms with E-state index in [0.29, 0.717) is 9.86 Å². The molecule has 0 fully saturated rings. The Hall–Kier alpha value is -1.10. The lowest BCUT2D eigenvalue weighted by atomic mass is 10.2. The van der Waals surface area contributed by atoms with Gasteiger partial charge in [0.05, 0.1) is 3.57 Å². The SMILES string of the molecule is N#Cc1nc(C(F)F)cc(C=O)c1I. The number of nitriles is 1. The Balaban J connectivity index is 3.41. The van der Waals surface area contributed by atoms with E-state index < -0.39 is 12.1 Å². The van der Waals surface area contributed by atoms with Crippen molar-refractivity contribution in [3.8, 4) is 6.07 Å². The summed E-state index contributed by atoms with van der Waals surface area (Å²) in [7, 11) is 0. The number of alkyl halides is 2. The van der Waals surface area contributed by atoms with Gasteiger partial charge in [-0.2, -0.15) is 5.26 Å². The summed E-state index contributed by atoms with van der Waals surface area (Å²) in [5.41, 5.74) is -0.637. The molecule has 6 heteroatoms. The molecular formula is C8H3F2IN2O. The number of hydrogen-bond acceptors (Lipinski definition) is 3. The van der Waals surface area contributed by atoms with Gasteiger partial charge >= 0.3 is 0 Å². The van der Waals surface area contributed by atoms with Crippen LogP contribution in [0.3, 0.4) is 0 Å². The minimum Gasteiger partial charge on any atom is -0.298 e. The van der Waals surface area contributed by atoms with E-state index in [1.54, 1.807) is 28.7 Å². The molecule has 0 atom stereocenters. The number of hydrogen-bond donors (Lipinski definition) is 0. The maximum atomic E-state index is 12.2. The molecule has 0 spiro atoms. The second-order valence-electron chi connectivity index (χ2n) is 2.33. The Kier molecular flexibility index (Phi) is 3.46. The van der Waals surface area contributed by atoms with E-state index in [4.69, 9.17) is 5.26 Å². The molecule has 0 aliphatic rings. The summed E-state index contributed by atoms with van der Waals surface area (Å²) in [6.45, 7) is 0. The van der Waals surface area contributed by atoms with E-state index in [2.05, 4.69) is 4.98 Å². The van der Waals surface area contributed by atoms with Crippen molar-refractivity contribution in [2.24, 2.45) is 0 Å². The van der Waals surface area contributed by atoms with Crippen molar-refractivity contribution in [1.82, 2.24) is 4.98 Å². The van der Waals surface area contributed by atoms with Gasteiger partial charge < -0.3 is 0 Å². The fraction of sp³-hybridized carbons (Fsp3) is 0.125. The van der Waals surface area contributed by atoms with E-state index in [1.165, 1.54) is 0 Å². The first kappa shape index (κ1) is 11.0. The van der Waals surface area contributed by atoms with Gasteiger partial charge in [-0.3, -0.25) is 4.79 Å². The van der Waals surface area contributed by atoms with Crippen LogP contribution >= 0.6 is 22.6 Å². The van der Waals surface area contributed by atoms with Gasteiger partial charge in [-0.25, -0.2) is 13.8 Å². The Bertz CT molecular complexity index is 415. The van der Waals surface area contributed by atoms with Gasteiger partial charge in [0.15, 0.2) is 12.0 Å². The van der Waals surface area contributed by atoms with E-state index in [9.17, 15) is 13.6 Å². The van der Waals surface area contributed by atoms with Gasteiger partial charge in [0.1, 0.15) is 11.8 Å². The molecule has 0 saturated heterocycles. The zero-order chi connectivity index (χ0) is 10.7. The van der Waals surface area contributed by atoms with Gasteiger partial charge in [0, 0.05) is 5.56 Å². The third-order valence-corrected chi connectivity index (χ3v) is 2.60. The maximum Gasteiger partial charge on any atom is 0.280 e. The number of carbonyl (C=O) groups is 1. The molecule has 1 rings (SSSR count). The van der Waals surface area contributed by atoms with Gasteiger partial charge in [-0.1, -0.05) is 0 Å². The second kappa shape index (κ2) is 4.41. The standard InChI is InChI=1S/C8H3F2IN2O/c9-8(10)5-1-4(3-14)7(11)6(2-12)13-5/h1,3,8H. The van der Waals surface area contributed by atoms with Gasteiger partial charge in [0.25, 0.3) is 6.43 Å². The third kappa shape index (κ3) is 2.04. The van der Waals surface area contributed by atoms with Crippen LogP contribution in [-0.4, -0.2) is 11.3 Å². The van der Waals surface area contributed by atoms with Crippen molar-refractivity contribution in [1.29, 1.82) is 5.26 Å². The lowest BCUT2D eigenvalue weighted by Gasteiger charge is -2.03. The minimum atomic E-state index is -2.78. The summed E-state index contributed by atoms with van der Waals surface area (Å²) in [5.74, 6) is 0. The zero-order valence-electron chi connectivity index (χ0n) is 6.67. The number of carbonyl (C=O) groups excluding carboxylic acids is 1. The maximum absolute atomic E-state index is 12.2. The summed E-state index contributed by atoms with van der Waals surface area (Å²) < 4.78 is 24.8. The van der Waals surface area contributed by atoms with Crippen molar-refractivity contribution < 1.29 is 13.6 Å². The quantitative estimate of drug-likeness (QED) is 0.622. The molecule has 14 heavy (non-hydrogen) atoms. The van der Waals surface area contributed by atoms with Crippen LogP contribution in [-0.2, 0) is 0 Å². The number of nitrogens with zero attached hydrogens (tertiary/aromatic N) is 2. The van der Waals surface area contributed by atoms with Crippen LogP contribution in [0.2, 0.25) is 0 Å². The third-order valence-electron chi connectivity index (χ3n) is 1.46. The summed E-state index contributed by atoms with van der Waals surface area (Å²) in [4.78, 5) is 13.9. The lowest BCUT2D eigenvalue weighted by molar-refractivity contribution is 0.112. The first-order valence-corrected chi connectivity index (χ1v) is 4.52. The molecule has 0 bridgehead atoms. The van der Waals surface area contributed by atoms with Crippen LogP contribution in [0.1, 0.15) is 28.2 Å².